The van der Waals surface area contributed by atoms with E-state index in [-0.39, 0.29) is 6.61 Å². The summed E-state index contributed by atoms with van der Waals surface area (Å²) in [6.45, 7) is 2.29. The molecule has 1 aliphatic heterocycles. The lowest BCUT2D eigenvalue weighted by molar-refractivity contribution is 0.252. The van der Waals surface area contributed by atoms with Crippen molar-refractivity contribution in [2.24, 2.45) is 0 Å². The number of rotatable bonds is 9. The van der Waals surface area contributed by atoms with E-state index in [2.05, 4.69) is 33.3 Å². The first kappa shape index (κ1) is 26.1. The van der Waals surface area contributed by atoms with Gasteiger partial charge in [0, 0.05) is 23.4 Å². The Bertz CT molecular complexity index is 1160. The number of hydrogen-bond acceptors (Lipinski definition) is 8. The first-order valence-electron chi connectivity index (χ1n) is 11.6. The molecular weight excluding hydrogens is 503 g/mol. The highest BCUT2D eigenvalue weighted by molar-refractivity contribution is 6.37. The van der Waals surface area contributed by atoms with Crippen molar-refractivity contribution in [3.05, 3.63) is 57.8 Å². The molecule has 2 aromatic carbocycles. The minimum atomic E-state index is 0.0942. The molecule has 1 saturated heterocycles. The van der Waals surface area contributed by atoms with Crippen LogP contribution in [-0.4, -0.2) is 56.3 Å². The number of benzene rings is 2. The van der Waals surface area contributed by atoms with Gasteiger partial charge >= 0.3 is 0 Å². The molecule has 1 N–H and O–H groups in total. The van der Waals surface area contributed by atoms with Crippen LogP contribution in [0.4, 0.5) is 11.6 Å². The quantitative estimate of drug-likeness (QED) is 0.362. The standard InChI is InChI=1S/C26H30Cl2N4O4/c1-32-9-7-16(8-10-32)19-6-5-17(11-21(19)33-2)31-26-29-13-18(14-30-26)36-15-20-24(27)22(34-3)12-23(35-4)25(20)28/h5-6,11-14,16H,7-10,15H2,1-4H3,(H,29,30,31). The average molecular weight is 533 g/mol. The van der Waals surface area contributed by atoms with Crippen LogP contribution in [0.5, 0.6) is 23.0 Å². The summed E-state index contributed by atoms with van der Waals surface area (Å²) < 4.78 is 22.1. The van der Waals surface area contributed by atoms with Crippen LogP contribution < -0.4 is 24.3 Å². The SMILES string of the molecule is COc1cc(Nc2ncc(OCc3c(Cl)c(OC)cc(OC)c3Cl)cn2)ccc1C1CCN(C)CC1. The summed E-state index contributed by atoms with van der Waals surface area (Å²) in [4.78, 5) is 11.1. The Kier molecular flexibility index (Phi) is 8.61. The molecule has 3 aromatic rings. The maximum absolute atomic E-state index is 6.42. The molecule has 4 rings (SSSR count). The third-order valence-electron chi connectivity index (χ3n) is 6.32. The molecule has 0 saturated carbocycles. The number of piperidine rings is 1. The molecule has 1 aliphatic rings. The van der Waals surface area contributed by atoms with Gasteiger partial charge in [0.1, 0.15) is 23.9 Å². The zero-order chi connectivity index (χ0) is 25.7. The summed E-state index contributed by atoms with van der Waals surface area (Å²) in [5, 5.41) is 3.95. The molecule has 0 bridgehead atoms. The van der Waals surface area contributed by atoms with Crippen molar-refractivity contribution < 1.29 is 18.9 Å². The van der Waals surface area contributed by atoms with Crippen molar-refractivity contribution in [1.29, 1.82) is 0 Å². The number of anilines is 2. The van der Waals surface area contributed by atoms with Gasteiger partial charge < -0.3 is 29.2 Å². The number of methoxy groups -OCH3 is 3. The summed E-state index contributed by atoms with van der Waals surface area (Å²) in [5.41, 5.74) is 2.64. The highest BCUT2D eigenvalue weighted by Gasteiger charge is 2.22. The first-order valence-corrected chi connectivity index (χ1v) is 12.4. The van der Waals surface area contributed by atoms with Gasteiger partial charge in [-0.15, -0.1) is 0 Å². The van der Waals surface area contributed by atoms with E-state index < -0.39 is 0 Å². The van der Waals surface area contributed by atoms with Crippen LogP contribution in [0.1, 0.15) is 29.9 Å². The van der Waals surface area contributed by atoms with E-state index in [1.807, 2.05) is 12.1 Å². The zero-order valence-electron chi connectivity index (χ0n) is 20.8. The third-order valence-corrected chi connectivity index (χ3v) is 7.15. The molecule has 0 spiro atoms. The predicted octanol–water partition coefficient (Wildman–Crippen LogP) is 5.94. The molecule has 36 heavy (non-hydrogen) atoms. The number of likely N-dealkylation sites (tertiary alicyclic amines) is 1. The number of nitrogens with zero attached hydrogens (tertiary/aromatic N) is 3. The molecule has 192 valence electrons. The fraction of sp³-hybridized carbons (Fsp3) is 0.385. The lowest BCUT2D eigenvalue weighted by Crippen LogP contribution is -2.29. The molecule has 0 amide bonds. The van der Waals surface area contributed by atoms with Gasteiger partial charge in [0.05, 0.1) is 43.8 Å². The Labute approximate surface area is 221 Å². The van der Waals surface area contributed by atoms with E-state index in [0.717, 1.165) is 37.4 Å². The van der Waals surface area contributed by atoms with Crippen LogP contribution in [0.15, 0.2) is 36.7 Å². The molecule has 0 aliphatic carbocycles. The third kappa shape index (κ3) is 5.88. The molecular formula is C26H30Cl2N4O4. The van der Waals surface area contributed by atoms with Gasteiger partial charge in [-0.2, -0.15) is 0 Å². The van der Waals surface area contributed by atoms with E-state index in [9.17, 15) is 0 Å². The summed E-state index contributed by atoms with van der Waals surface area (Å²) in [5.74, 6) is 3.18. The van der Waals surface area contributed by atoms with Gasteiger partial charge in [0.25, 0.3) is 0 Å². The second-order valence-corrected chi connectivity index (χ2v) is 9.33. The minimum Gasteiger partial charge on any atom is -0.496 e. The Morgan fingerprint density at radius 1 is 0.917 bits per heavy atom. The molecule has 0 radical (unpaired) electrons. The fourth-order valence-corrected chi connectivity index (χ4v) is 4.86. The monoisotopic (exact) mass is 532 g/mol. The van der Waals surface area contributed by atoms with Crippen molar-refractivity contribution in [2.45, 2.75) is 25.4 Å². The normalized spacial score (nSPS) is 14.4. The molecule has 8 nitrogen and oxygen atoms in total. The number of nitrogens with one attached hydrogen (secondary N) is 1. The van der Waals surface area contributed by atoms with E-state index >= 15 is 0 Å². The van der Waals surface area contributed by atoms with Gasteiger partial charge in [-0.05, 0) is 50.5 Å². The van der Waals surface area contributed by atoms with E-state index in [0.29, 0.717) is 44.7 Å². The fourth-order valence-electron chi connectivity index (χ4n) is 4.25. The van der Waals surface area contributed by atoms with Crippen LogP contribution in [0, 0.1) is 0 Å². The first-order chi connectivity index (χ1) is 17.4. The van der Waals surface area contributed by atoms with Crippen molar-refractivity contribution in [2.75, 3.05) is 46.8 Å². The van der Waals surface area contributed by atoms with Crippen molar-refractivity contribution in [3.8, 4) is 23.0 Å². The Morgan fingerprint density at radius 2 is 1.53 bits per heavy atom. The van der Waals surface area contributed by atoms with Gasteiger partial charge in [-0.3, -0.25) is 0 Å². The number of ether oxygens (including phenoxy) is 4. The van der Waals surface area contributed by atoms with Crippen molar-refractivity contribution in [1.82, 2.24) is 14.9 Å². The van der Waals surface area contributed by atoms with Gasteiger partial charge in [-0.1, -0.05) is 29.3 Å². The van der Waals surface area contributed by atoms with Crippen LogP contribution in [0.3, 0.4) is 0 Å². The highest BCUT2D eigenvalue weighted by atomic mass is 35.5. The minimum absolute atomic E-state index is 0.0942. The van der Waals surface area contributed by atoms with Crippen molar-refractivity contribution in [3.63, 3.8) is 0 Å². The average Bonchev–Trinajstić information content (AvgIpc) is 2.90. The van der Waals surface area contributed by atoms with E-state index in [1.54, 1.807) is 25.6 Å². The second-order valence-electron chi connectivity index (χ2n) is 8.58. The lowest BCUT2D eigenvalue weighted by Gasteiger charge is -2.30. The summed E-state index contributed by atoms with van der Waals surface area (Å²) >= 11 is 12.8. The maximum Gasteiger partial charge on any atom is 0.227 e. The van der Waals surface area contributed by atoms with E-state index in [1.165, 1.54) is 19.8 Å². The summed E-state index contributed by atoms with van der Waals surface area (Å²) in [6.07, 6.45) is 5.42. The highest BCUT2D eigenvalue weighted by Crippen LogP contribution is 2.41. The largest absolute Gasteiger partial charge is 0.496 e. The topological polar surface area (TPSA) is 78.0 Å². The van der Waals surface area contributed by atoms with Crippen LogP contribution in [0.25, 0.3) is 0 Å². The lowest BCUT2D eigenvalue weighted by atomic mass is 9.89. The Morgan fingerprint density at radius 3 is 2.11 bits per heavy atom. The second kappa shape index (κ2) is 11.9. The summed E-state index contributed by atoms with van der Waals surface area (Å²) in [6, 6.07) is 7.78. The van der Waals surface area contributed by atoms with Crippen LogP contribution in [0.2, 0.25) is 10.0 Å². The molecule has 0 atom stereocenters. The Balaban J connectivity index is 1.42. The number of hydrogen-bond donors (Lipinski definition) is 1. The zero-order valence-corrected chi connectivity index (χ0v) is 22.3. The Hall–Kier alpha value is -2.94. The number of halogens is 2. The molecule has 1 aromatic heterocycles. The molecule has 1 fully saturated rings. The maximum atomic E-state index is 6.42. The van der Waals surface area contributed by atoms with Crippen molar-refractivity contribution >= 4 is 34.8 Å². The van der Waals surface area contributed by atoms with Crippen LogP contribution in [-0.2, 0) is 6.61 Å². The van der Waals surface area contributed by atoms with E-state index in [4.69, 9.17) is 42.1 Å². The number of aromatic nitrogens is 2. The van der Waals surface area contributed by atoms with Gasteiger partial charge in [0.15, 0.2) is 5.75 Å². The van der Waals surface area contributed by atoms with Crippen LogP contribution >= 0.6 is 23.2 Å². The molecule has 0 unspecified atom stereocenters. The molecule has 2 heterocycles. The predicted molar refractivity (Wildman–Crippen MR) is 142 cm³/mol. The van der Waals surface area contributed by atoms with Gasteiger partial charge in [-0.25, -0.2) is 9.97 Å². The molecule has 10 heteroatoms. The van der Waals surface area contributed by atoms with Gasteiger partial charge in [0.2, 0.25) is 5.95 Å². The smallest absolute Gasteiger partial charge is 0.227 e. The summed E-state index contributed by atoms with van der Waals surface area (Å²) in [7, 11) is 6.92.